The predicted molar refractivity (Wildman–Crippen MR) is 84.0 cm³/mol. The Morgan fingerprint density at radius 3 is 2.86 bits per heavy atom. The van der Waals surface area contributed by atoms with Gasteiger partial charge in [0.1, 0.15) is 11.3 Å². The van der Waals surface area contributed by atoms with Gasteiger partial charge in [-0.25, -0.2) is 9.97 Å². The number of nitrogens with zero attached hydrogens (tertiary/aromatic N) is 4. The van der Waals surface area contributed by atoms with Crippen LogP contribution in [-0.4, -0.2) is 32.2 Å². The highest BCUT2D eigenvalue weighted by Gasteiger charge is 2.20. The van der Waals surface area contributed by atoms with Crippen molar-refractivity contribution in [2.45, 2.75) is 31.8 Å². The third kappa shape index (κ3) is 2.48. The lowest BCUT2D eigenvalue weighted by Crippen LogP contribution is -2.23. The lowest BCUT2D eigenvalue weighted by atomic mass is 10.1. The Labute approximate surface area is 129 Å². The highest BCUT2D eigenvalue weighted by Crippen LogP contribution is 2.23. The van der Waals surface area contributed by atoms with Crippen molar-refractivity contribution in [3.05, 3.63) is 48.7 Å². The fourth-order valence-corrected chi connectivity index (χ4v) is 3.03. The van der Waals surface area contributed by atoms with Gasteiger partial charge in [-0.3, -0.25) is 9.55 Å². The molecular formula is C17H18N4O. The molecule has 112 valence electrons. The van der Waals surface area contributed by atoms with Crippen LogP contribution in [-0.2, 0) is 11.2 Å². The summed E-state index contributed by atoms with van der Waals surface area (Å²) in [6, 6.07) is 7.90. The van der Waals surface area contributed by atoms with E-state index >= 15 is 0 Å². The van der Waals surface area contributed by atoms with Gasteiger partial charge < -0.3 is 4.74 Å². The van der Waals surface area contributed by atoms with Crippen LogP contribution < -0.4 is 0 Å². The van der Waals surface area contributed by atoms with Gasteiger partial charge in [-0.05, 0) is 43.5 Å². The van der Waals surface area contributed by atoms with Gasteiger partial charge in [0.2, 0.25) is 0 Å². The summed E-state index contributed by atoms with van der Waals surface area (Å²) in [5.74, 6) is 1.01. The molecule has 0 N–H and O–H groups in total. The molecule has 0 radical (unpaired) electrons. The maximum Gasteiger partial charge on any atom is 0.164 e. The third-order valence-corrected chi connectivity index (χ3v) is 4.09. The molecule has 1 saturated heterocycles. The number of hydrogen-bond donors (Lipinski definition) is 0. The Morgan fingerprint density at radius 1 is 1.14 bits per heavy atom. The molecule has 1 atom stereocenters. The van der Waals surface area contributed by atoms with E-state index in [9.17, 15) is 0 Å². The van der Waals surface area contributed by atoms with E-state index in [1.807, 2.05) is 30.5 Å². The van der Waals surface area contributed by atoms with Crippen LogP contribution in [0.15, 0.2) is 42.9 Å². The number of pyridine rings is 2. The Bertz CT molecular complexity index is 763. The zero-order valence-electron chi connectivity index (χ0n) is 12.4. The van der Waals surface area contributed by atoms with E-state index in [-0.39, 0.29) is 6.10 Å². The normalized spacial score (nSPS) is 18.6. The average Bonchev–Trinajstić information content (AvgIpc) is 2.94. The summed E-state index contributed by atoms with van der Waals surface area (Å²) >= 11 is 0. The monoisotopic (exact) mass is 294 g/mol. The highest BCUT2D eigenvalue weighted by molar-refractivity contribution is 5.73. The van der Waals surface area contributed by atoms with Gasteiger partial charge in [-0.1, -0.05) is 0 Å². The molecule has 4 rings (SSSR count). The van der Waals surface area contributed by atoms with E-state index in [4.69, 9.17) is 9.72 Å². The van der Waals surface area contributed by atoms with Crippen molar-refractivity contribution in [1.29, 1.82) is 0 Å². The van der Waals surface area contributed by atoms with E-state index in [0.717, 1.165) is 42.1 Å². The van der Waals surface area contributed by atoms with Gasteiger partial charge in [0.05, 0.1) is 11.8 Å². The summed E-state index contributed by atoms with van der Waals surface area (Å²) in [4.78, 5) is 13.4. The molecule has 5 nitrogen and oxygen atoms in total. The van der Waals surface area contributed by atoms with Crippen molar-refractivity contribution >= 4 is 11.2 Å². The molecule has 22 heavy (non-hydrogen) atoms. The van der Waals surface area contributed by atoms with E-state index in [1.165, 1.54) is 12.8 Å². The lowest BCUT2D eigenvalue weighted by Gasteiger charge is -2.22. The first-order chi connectivity index (χ1) is 10.9. The van der Waals surface area contributed by atoms with Crippen LogP contribution in [0.3, 0.4) is 0 Å². The van der Waals surface area contributed by atoms with Crippen molar-refractivity contribution < 1.29 is 4.74 Å². The number of hydrogen-bond acceptors (Lipinski definition) is 4. The van der Waals surface area contributed by atoms with Gasteiger partial charge in [-0.2, -0.15) is 0 Å². The second kappa shape index (κ2) is 5.85. The zero-order chi connectivity index (χ0) is 14.8. The Balaban J connectivity index is 1.79. The fraction of sp³-hybridized carbons (Fsp3) is 0.353. The van der Waals surface area contributed by atoms with Gasteiger partial charge in [0.15, 0.2) is 5.65 Å². The molecule has 1 aliphatic rings. The summed E-state index contributed by atoms with van der Waals surface area (Å²) in [6.45, 7) is 0.860. The lowest BCUT2D eigenvalue weighted by molar-refractivity contribution is 0.0155. The number of aromatic nitrogens is 4. The molecule has 5 heteroatoms. The summed E-state index contributed by atoms with van der Waals surface area (Å²) in [6.07, 6.45) is 9.98. The average molecular weight is 294 g/mol. The van der Waals surface area contributed by atoms with Crippen LogP contribution in [0.4, 0.5) is 0 Å². The maximum atomic E-state index is 5.88. The molecular weight excluding hydrogens is 276 g/mol. The summed E-state index contributed by atoms with van der Waals surface area (Å²) in [7, 11) is 0. The van der Waals surface area contributed by atoms with Crippen molar-refractivity contribution in [2.75, 3.05) is 6.61 Å². The number of ether oxygens (including phenoxy) is 1. The van der Waals surface area contributed by atoms with Crippen LogP contribution in [0.2, 0.25) is 0 Å². The first kappa shape index (κ1) is 13.4. The number of imidazole rings is 1. The van der Waals surface area contributed by atoms with Gasteiger partial charge in [0, 0.05) is 31.6 Å². The minimum absolute atomic E-state index is 0.256. The molecule has 4 heterocycles. The molecule has 1 fully saturated rings. The minimum atomic E-state index is 0.256. The van der Waals surface area contributed by atoms with E-state index < -0.39 is 0 Å². The molecule has 3 aromatic heterocycles. The quantitative estimate of drug-likeness (QED) is 0.745. The topological polar surface area (TPSA) is 52.8 Å². The van der Waals surface area contributed by atoms with Crippen molar-refractivity contribution in [3.63, 3.8) is 0 Å². The molecule has 0 saturated carbocycles. The Morgan fingerprint density at radius 2 is 2.05 bits per heavy atom. The Kier molecular flexibility index (Phi) is 3.56. The molecule has 0 bridgehead atoms. The van der Waals surface area contributed by atoms with Gasteiger partial charge in [-0.15, -0.1) is 0 Å². The molecule has 0 aromatic carbocycles. The van der Waals surface area contributed by atoms with Crippen molar-refractivity contribution in [2.24, 2.45) is 0 Å². The van der Waals surface area contributed by atoms with Crippen molar-refractivity contribution in [1.82, 2.24) is 19.5 Å². The van der Waals surface area contributed by atoms with Gasteiger partial charge in [0.25, 0.3) is 0 Å². The number of rotatable bonds is 3. The largest absolute Gasteiger partial charge is 0.378 e. The summed E-state index contributed by atoms with van der Waals surface area (Å²) < 4.78 is 8.00. The second-order valence-electron chi connectivity index (χ2n) is 5.61. The van der Waals surface area contributed by atoms with Crippen LogP contribution in [0, 0.1) is 0 Å². The SMILES string of the molecule is c1cnc2c(c1)nc(CC1CCCCO1)n2-c1ccncc1. The van der Waals surface area contributed by atoms with E-state index in [1.54, 1.807) is 12.4 Å². The molecule has 0 aliphatic carbocycles. The summed E-state index contributed by atoms with van der Waals surface area (Å²) in [5.41, 5.74) is 2.85. The molecule has 1 aliphatic heterocycles. The molecule has 3 aromatic rings. The Hall–Kier alpha value is -2.27. The standard InChI is InChI=1S/C17H18N4O/c1-2-11-22-14(4-1)12-16-20-15-5-3-8-19-17(15)21(16)13-6-9-18-10-7-13/h3,5-10,14H,1-2,4,11-12H2. The fourth-order valence-electron chi connectivity index (χ4n) is 3.03. The molecule has 1 unspecified atom stereocenters. The van der Waals surface area contributed by atoms with E-state index in [2.05, 4.69) is 14.5 Å². The summed E-state index contributed by atoms with van der Waals surface area (Å²) in [5, 5.41) is 0. The molecule has 0 amide bonds. The second-order valence-corrected chi connectivity index (χ2v) is 5.61. The first-order valence-electron chi connectivity index (χ1n) is 7.76. The predicted octanol–water partition coefficient (Wildman–Crippen LogP) is 2.93. The minimum Gasteiger partial charge on any atom is -0.378 e. The van der Waals surface area contributed by atoms with E-state index in [0.29, 0.717) is 0 Å². The van der Waals surface area contributed by atoms with Crippen LogP contribution in [0.1, 0.15) is 25.1 Å². The maximum absolute atomic E-state index is 5.88. The highest BCUT2D eigenvalue weighted by atomic mass is 16.5. The first-order valence-corrected chi connectivity index (χ1v) is 7.76. The third-order valence-electron chi connectivity index (χ3n) is 4.09. The number of fused-ring (bicyclic) bond motifs is 1. The van der Waals surface area contributed by atoms with Crippen LogP contribution in [0.25, 0.3) is 16.9 Å². The van der Waals surface area contributed by atoms with Gasteiger partial charge >= 0.3 is 0 Å². The van der Waals surface area contributed by atoms with Crippen LogP contribution >= 0.6 is 0 Å². The zero-order valence-corrected chi connectivity index (χ0v) is 12.4. The molecule has 0 spiro atoms. The van der Waals surface area contributed by atoms with Crippen LogP contribution in [0.5, 0.6) is 0 Å². The van der Waals surface area contributed by atoms with Crippen molar-refractivity contribution in [3.8, 4) is 5.69 Å². The smallest absolute Gasteiger partial charge is 0.164 e.